The molecule has 0 unspecified atom stereocenters. The Balaban J connectivity index is 1.60. The first-order valence-corrected chi connectivity index (χ1v) is 15.8. The molecule has 0 radical (unpaired) electrons. The number of aryl methyl sites for hydroxylation is 1. The number of esters is 1. The lowest BCUT2D eigenvalue weighted by Crippen LogP contribution is -2.40. The molecule has 0 N–H and O–H groups in total. The first-order chi connectivity index (χ1) is 21.3. The molecule has 9 heteroatoms. The number of hydrogen-bond acceptors (Lipinski definition) is 6. The van der Waals surface area contributed by atoms with Crippen molar-refractivity contribution in [1.29, 1.82) is 0 Å². The number of thiazole rings is 1. The molecule has 0 saturated heterocycles. The van der Waals surface area contributed by atoms with Gasteiger partial charge < -0.3 is 14.0 Å². The summed E-state index contributed by atoms with van der Waals surface area (Å²) < 4.78 is 16.4. The Kier molecular flexibility index (Phi) is 8.25. The highest BCUT2D eigenvalue weighted by molar-refractivity contribution is 9.10. The van der Waals surface area contributed by atoms with Crippen LogP contribution in [-0.4, -0.2) is 28.8 Å². The van der Waals surface area contributed by atoms with Crippen molar-refractivity contribution in [1.82, 2.24) is 9.13 Å². The fraction of sp³-hybridized carbons (Fsp3) is 0.171. The van der Waals surface area contributed by atoms with Crippen molar-refractivity contribution in [3.05, 3.63) is 143 Å². The maximum Gasteiger partial charge on any atom is 0.338 e. The van der Waals surface area contributed by atoms with Crippen LogP contribution in [0, 0.1) is 13.8 Å². The van der Waals surface area contributed by atoms with E-state index in [1.807, 2.05) is 79.7 Å². The van der Waals surface area contributed by atoms with Gasteiger partial charge in [-0.3, -0.25) is 9.36 Å². The van der Waals surface area contributed by atoms with Gasteiger partial charge in [0.2, 0.25) is 0 Å². The van der Waals surface area contributed by atoms with Gasteiger partial charge in [0.15, 0.2) is 4.80 Å². The van der Waals surface area contributed by atoms with Crippen LogP contribution in [0.4, 0.5) is 0 Å². The zero-order valence-corrected chi connectivity index (χ0v) is 27.1. The van der Waals surface area contributed by atoms with E-state index in [9.17, 15) is 9.59 Å². The molecular weight excluding hydrogens is 638 g/mol. The molecule has 1 aliphatic rings. The SMILES string of the molecule is CCOC(=O)C1=C(c2ccccc2)N=c2s/c(=C\c3cc(C)n(-c4ccc(Br)cc4)c3C)c(=O)n2[C@H]1c1cccc(OC)c1. The quantitative estimate of drug-likeness (QED) is 0.196. The highest BCUT2D eigenvalue weighted by Gasteiger charge is 2.35. The lowest BCUT2D eigenvalue weighted by Gasteiger charge is -2.26. The van der Waals surface area contributed by atoms with Crippen LogP contribution < -0.4 is 19.6 Å². The minimum Gasteiger partial charge on any atom is -0.497 e. The predicted molar refractivity (Wildman–Crippen MR) is 177 cm³/mol. The monoisotopic (exact) mass is 667 g/mol. The van der Waals surface area contributed by atoms with Crippen LogP contribution in [0.1, 0.15) is 41.0 Å². The molecule has 0 aliphatic carbocycles. The summed E-state index contributed by atoms with van der Waals surface area (Å²) in [7, 11) is 1.59. The van der Waals surface area contributed by atoms with Crippen molar-refractivity contribution in [2.75, 3.05) is 13.7 Å². The van der Waals surface area contributed by atoms with Crippen LogP contribution >= 0.6 is 27.3 Å². The smallest absolute Gasteiger partial charge is 0.338 e. The molecule has 0 fully saturated rings. The number of rotatable bonds is 7. The third-order valence-electron chi connectivity index (χ3n) is 7.62. The third kappa shape index (κ3) is 5.37. The second kappa shape index (κ2) is 12.3. The summed E-state index contributed by atoms with van der Waals surface area (Å²) in [5.74, 6) is 0.0988. The number of methoxy groups -OCH3 is 1. The molecule has 3 heterocycles. The van der Waals surface area contributed by atoms with Gasteiger partial charge in [0.25, 0.3) is 5.56 Å². The van der Waals surface area contributed by atoms with Crippen molar-refractivity contribution in [2.45, 2.75) is 26.8 Å². The zero-order valence-electron chi connectivity index (χ0n) is 24.7. The first kappa shape index (κ1) is 29.6. The van der Waals surface area contributed by atoms with Crippen LogP contribution in [0.5, 0.6) is 5.75 Å². The van der Waals surface area contributed by atoms with Gasteiger partial charge in [0.05, 0.1) is 35.6 Å². The van der Waals surface area contributed by atoms with Crippen LogP contribution in [0.25, 0.3) is 17.5 Å². The summed E-state index contributed by atoms with van der Waals surface area (Å²) in [5, 5.41) is 0. The topological polar surface area (TPSA) is 74.8 Å². The summed E-state index contributed by atoms with van der Waals surface area (Å²) in [4.78, 5) is 33.4. The summed E-state index contributed by atoms with van der Waals surface area (Å²) >= 11 is 4.82. The molecular formula is C35H30BrN3O4S. The van der Waals surface area contributed by atoms with Crippen molar-refractivity contribution >= 4 is 45.0 Å². The normalized spacial score (nSPS) is 14.8. The number of carbonyl (C=O) groups is 1. The van der Waals surface area contributed by atoms with Crippen molar-refractivity contribution in [3.8, 4) is 11.4 Å². The minimum absolute atomic E-state index is 0.188. The minimum atomic E-state index is -0.770. The van der Waals surface area contributed by atoms with E-state index in [-0.39, 0.29) is 12.2 Å². The van der Waals surface area contributed by atoms with Gasteiger partial charge in [-0.2, -0.15) is 0 Å². The molecule has 3 aromatic carbocycles. The van der Waals surface area contributed by atoms with E-state index in [1.165, 1.54) is 11.3 Å². The van der Waals surface area contributed by atoms with E-state index in [0.717, 1.165) is 38.2 Å². The van der Waals surface area contributed by atoms with E-state index in [2.05, 4.69) is 45.6 Å². The molecule has 1 aliphatic heterocycles. The highest BCUT2D eigenvalue weighted by atomic mass is 79.9. The van der Waals surface area contributed by atoms with E-state index < -0.39 is 12.0 Å². The number of carbonyl (C=O) groups excluding carboxylic acids is 1. The van der Waals surface area contributed by atoms with Crippen LogP contribution in [0.2, 0.25) is 0 Å². The van der Waals surface area contributed by atoms with Crippen LogP contribution in [0.3, 0.4) is 0 Å². The Labute approximate surface area is 267 Å². The number of halogens is 1. The van der Waals surface area contributed by atoms with Gasteiger partial charge in [-0.05, 0) is 80.4 Å². The maximum atomic E-state index is 14.3. The van der Waals surface area contributed by atoms with Gasteiger partial charge in [0.1, 0.15) is 5.75 Å². The molecule has 222 valence electrons. The molecule has 0 bridgehead atoms. The fourth-order valence-corrected chi connectivity index (χ4v) is 6.89. The average molecular weight is 669 g/mol. The van der Waals surface area contributed by atoms with Crippen molar-refractivity contribution in [3.63, 3.8) is 0 Å². The average Bonchev–Trinajstić information content (AvgIpc) is 3.50. The second-order valence-corrected chi connectivity index (χ2v) is 12.3. The molecule has 44 heavy (non-hydrogen) atoms. The van der Waals surface area contributed by atoms with Gasteiger partial charge >= 0.3 is 5.97 Å². The summed E-state index contributed by atoms with van der Waals surface area (Å²) in [6, 6.07) is 26.4. The van der Waals surface area contributed by atoms with E-state index >= 15 is 0 Å². The molecule has 2 aromatic heterocycles. The Hall–Kier alpha value is -4.47. The standard InChI is InChI=1S/C35H30BrN3O4S/c1-5-43-34(41)30-31(23-10-7-6-8-11-23)37-35-39(32(30)24-12-9-13-28(19-24)42-4)33(40)29(44-35)20-25-18-21(2)38(22(25)3)27-16-14-26(36)15-17-27/h6-20,32H,5H2,1-4H3/b29-20-/t32-/m0/s1. The van der Waals surface area contributed by atoms with Crippen molar-refractivity contribution in [2.24, 2.45) is 4.99 Å². The van der Waals surface area contributed by atoms with Crippen LogP contribution in [0.15, 0.2) is 105 Å². The lowest BCUT2D eigenvalue weighted by atomic mass is 9.93. The Morgan fingerprint density at radius 2 is 1.77 bits per heavy atom. The molecule has 0 amide bonds. The van der Waals surface area contributed by atoms with Crippen molar-refractivity contribution < 1.29 is 14.3 Å². The molecule has 0 spiro atoms. The number of fused-ring (bicyclic) bond motifs is 1. The molecule has 7 nitrogen and oxygen atoms in total. The summed E-state index contributed by atoms with van der Waals surface area (Å²) in [5.41, 5.74) is 6.07. The molecule has 1 atom stereocenters. The summed E-state index contributed by atoms with van der Waals surface area (Å²) in [6.07, 6.45) is 1.92. The third-order valence-corrected chi connectivity index (χ3v) is 9.14. The number of benzene rings is 3. The molecule has 0 saturated carbocycles. The van der Waals surface area contributed by atoms with Gasteiger partial charge in [0, 0.05) is 27.1 Å². The predicted octanol–water partition coefficient (Wildman–Crippen LogP) is 6.11. The zero-order chi connectivity index (χ0) is 31.0. The van der Waals surface area contributed by atoms with Gasteiger partial charge in [-0.25, -0.2) is 9.79 Å². The van der Waals surface area contributed by atoms with E-state index in [0.29, 0.717) is 26.4 Å². The highest BCUT2D eigenvalue weighted by Crippen LogP contribution is 2.36. The van der Waals surface area contributed by atoms with Crippen LogP contribution in [-0.2, 0) is 9.53 Å². The van der Waals surface area contributed by atoms with Gasteiger partial charge in [-0.15, -0.1) is 0 Å². The Morgan fingerprint density at radius 3 is 2.48 bits per heavy atom. The van der Waals surface area contributed by atoms with Gasteiger partial charge in [-0.1, -0.05) is 69.7 Å². The second-order valence-electron chi connectivity index (χ2n) is 10.3. The maximum absolute atomic E-state index is 14.3. The van der Waals surface area contributed by atoms with E-state index in [4.69, 9.17) is 14.5 Å². The van der Waals surface area contributed by atoms with E-state index in [1.54, 1.807) is 18.6 Å². The first-order valence-electron chi connectivity index (χ1n) is 14.2. The molecule has 5 aromatic rings. The Morgan fingerprint density at radius 1 is 1.02 bits per heavy atom. The summed E-state index contributed by atoms with van der Waals surface area (Å²) in [6.45, 7) is 6.05. The Bertz CT molecular complexity index is 2090. The fourth-order valence-electron chi connectivity index (χ4n) is 5.63. The number of hydrogen-bond donors (Lipinski definition) is 0. The largest absolute Gasteiger partial charge is 0.497 e. The lowest BCUT2D eigenvalue weighted by molar-refractivity contribution is -0.138. The number of aromatic nitrogens is 2. The number of nitrogens with zero attached hydrogens (tertiary/aromatic N) is 3. The number of ether oxygens (including phenoxy) is 2. The molecule has 6 rings (SSSR count).